The fourth-order valence-corrected chi connectivity index (χ4v) is 3.84. The smallest absolute Gasteiger partial charge is 0.256 e. The number of aromatic nitrogens is 1. The van der Waals surface area contributed by atoms with Gasteiger partial charge in [0.2, 0.25) is 0 Å². The van der Waals surface area contributed by atoms with E-state index in [-0.39, 0.29) is 5.91 Å². The van der Waals surface area contributed by atoms with Crippen molar-refractivity contribution in [3.05, 3.63) is 83.9 Å². The molecule has 0 fully saturated rings. The summed E-state index contributed by atoms with van der Waals surface area (Å²) < 4.78 is 10.8. The first-order valence-corrected chi connectivity index (χ1v) is 11.2. The van der Waals surface area contributed by atoms with Crippen LogP contribution in [0.5, 0.6) is 11.5 Å². The van der Waals surface area contributed by atoms with Crippen molar-refractivity contribution >= 4 is 22.5 Å². The minimum Gasteiger partial charge on any atom is -0.493 e. The van der Waals surface area contributed by atoms with Gasteiger partial charge in [-0.2, -0.15) is 0 Å². The van der Waals surface area contributed by atoms with Crippen molar-refractivity contribution in [2.45, 2.75) is 26.2 Å². The van der Waals surface area contributed by atoms with Gasteiger partial charge >= 0.3 is 0 Å². The van der Waals surface area contributed by atoms with Crippen LogP contribution in [0.3, 0.4) is 0 Å². The number of aryl methyl sites for hydroxylation is 1. The monoisotopic (exact) mass is 440 g/mol. The standard InChI is InChI=1S/C28H28N2O3/c1-4-5-8-19-11-14-21(15-12-19)29-28(31)23-18-25(30-24-10-7-6-9-22(23)24)20-13-16-26(32-2)27(17-20)33-3/h6-7,9-18H,4-5,8H2,1-3H3,(H,29,31). The maximum absolute atomic E-state index is 13.3. The second-order valence-corrected chi connectivity index (χ2v) is 7.90. The van der Waals surface area contributed by atoms with E-state index in [4.69, 9.17) is 14.5 Å². The molecule has 3 aromatic carbocycles. The molecule has 4 aromatic rings. The van der Waals surface area contributed by atoms with E-state index in [0.717, 1.165) is 41.4 Å². The zero-order valence-electron chi connectivity index (χ0n) is 19.2. The van der Waals surface area contributed by atoms with Gasteiger partial charge in [-0.15, -0.1) is 0 Å². The molecule has 5 nitrogen and oxygen atoms in total. The molecule has 5 heteroatoms. The van der Waals surface area contributed by atoms with Crippen LogP contribution in [0.2, 0.25) is 0 Å². The molecule has 0 saturated carbocycles. The van der Waals surface area contributed by atoms with Crippen LogP contribution in [0.25, 0.3) is 22.2 Å². The van der Waals surface area contributed by atoms with E-state index in [9.17, 15) is 4.79 Å². The van der Waals surface area contributed by atoms with Gasteiger partial charge in [-0.05, 0) is 60.9 Å². The largest absolute Gasteiger partial charge is 0.493 e. The topological polar surface area (TPSA) is 60.5 Å². The summed E-state index contributed by atoms with van der Waals surface area (Å²) in [7, 11) is 3.20. The summed E-state index contributed by atoms with van der Waals surface area (Å²) in [4.78, 5) is 18.1. The van der Waals surface area contributed by atoms with E-state index < -0.39 is 0 Å². The third-order valence-electron chi connectivity index (χ3n) is 5.67. The molecule has 1 amide bonds. The Bertz CT molecular complexity index is 1270. The molecule has 0 saturated heterocycles. The molecule has 4 rings (SSSR count). The number of unbranched alkanes of at least 4 members (excludes halogenated alkanes) is 1. The van der Waals surface area contributed by atoms with Crippen LogP contribution in [-0.2, 0) is 6.42 Å². The second-order valence-electron chi connectivity index (χ2n) is 7.90. The number of pyridine rings is 1. The van der Waals surface area contributed by atoms with Crippen LogP contribution >= 0.6 is 0 Å². The van der Waals surface area contributed by atoms with Crippen molar-refractivity contribution in [3.8, 4) is 22.8 Å². The third kappa shape index (κ3) is 4.98. The highest BCUT2D eigenvalue weighted by atomic mass is 16.5. The van der Waals surface area contributed by atoms with Crippen molar-refractivity contribution < 1.29 is 14.3 Å². The second kappa shape index (κ2) is 10.2. The normalized spacial score (nSPS) is 10.8. The number of benzene rings is 3. The van der Waals surface area contributed by atoms with Gasteiger partial charge in [0.25, 0.3) is 5.91 Å². The molecule has 33 heavy (non-hydrogen) atoms. The van der Waals surface area contributed by atoms with Gasteiger partial charge < -0.3 is 14.8 Å². The Hall–Kier alpha value is -3.86. The van der Waals surface area contributed by atoms with Gasteiger partial charge in [0, 0.05) is 16.6 Å². The maximum Gasteiger partial charge on any atom is 0.256 e. The predicted octanol–water partition coefficient (Wildman–Crippen LogP) is 6.51. The number of fused-ring (bicyclic) bond motifs is 1. The number of ether oxygens (including phenoxy) is 2. The summed E-state index contributed by atoms with van der Waals surface area (Å²) >= 11 is 0. The number of amides is 1. The first-order chi connectivity index (χ1) is 16.1. The SMILES string of the molecule is CCCCc1ccc(NC(=O)c2cc(-c3ccc(OC)c(OC)c3)nc3ccccc23)cc1. The lowest BCUT2D eigenvalue weighted by atomic mass is 10.0. The van der Waals surface area contributed by atoms with Gasteiger partial charge in [-0.3, -0.25) is 4.79 Å². The molecule has 1 N–H and O–H groups in total. The zero-order valence-corrected chi connectivity index (χ0v) is 19.2. The first kappa shape index (κ1) is 22.3. The number of carbonyl (C=O) groups excluding carboxylic acids is 1. The molecule has 0 aliphatic rings. The number of hydrogen-bond donors (Lipinski definition) is 1. The number of methoxy groups -OCH3 is 2. The highest BCUT2D eigenvalue weighted by Crippen LogP contribution is 2.33. The average molecular weight is 441 g/mol. The highest BCUT2D eigenvalue weighted by Gasteiger charge is 2.15. The Kier molecular flexibility index (Phi) is 6.89. The van der Waals surface area contributed by atoms with Crippen molar-refractivity contribution in [2.24, 2.45) is 0 Å². The summed E-state index contributed by atoms with van der Waals surface area (Å²) in [5, 5.41) is 3.85. The molecule has 0 aliphatic carbocycles. The number of nitrogens with zero attached hydrogens (tertiary/aromatic N) is 1. The number of carbonyl (C=O) groups is 1. The fourth-order valence-electron chi connectivity index (χ4n) is 3.84. The van der Waals surface area contributed by atoms with E-state index in [1.54, 1.807) is 14.2 Å². The number of rotatable bonds is 8. The van der Waals surface area contributed by atoms with E-state index in [0.29, 0.717) is 22.8 Å². The number of anilines is 1. The molecule has 0 radical (unpaired) electrons. The van der Waals surface area contributed by atoms with Gasteiger partial charge in [0.15, 0.2) is 11.5 Å². The maximum atomic E-state index is 13.3. The van der Waals surface area contributed by atoms with Crippen LogP contribution in [0.1, 0.15) is 35.7 Å². The molecular weight excluding hydrogens is 412 g/mol. The van der Waals surface area contributed by atoms with Crippen molar-refractivity contribution in [3.63, 3.8) is 0 Å². The van der Waals surface area contributed by atoms with E-state index in [2.05, 4.69) is 24.4 Å². The van der Waals surface area contributed by atoms with Crippen LogP contribution in [-0.4, -0.2) is 25.1 Å². The van der Waals surface area contributed by atoms with E-state index in [1.807, 2.05) is 60.7 Å². The molecule has 0 spiro atoms. The summed E-state index contributed by atoms with van der Waals surface area (Å²) in [6.45, 7) is 2.18. The average Bonchev–Trinajstić information content (AvgIpc) is 2.87. The number of para-hydroxylation sites is 1. The summed E-state index contributed by atoms with van der Waals surface area (Å²) in [6, 6.07) is 23.2. The first-order valence-electron chi connectivity index (χ1n) is 11.2. The quantitative estimate of drug-likeness (QED) is 0.339. The Labute approximate surface area is 194 Å². The lowest BCUT2D eigenvalue weighted by Crippen LogP contribution is -2.13. The predicted molar refractivity (Wildman–Crippen MR) is 133 cm³/mol. The summed E-state index contributed by atoms with van der Waals surface area (Å²) in [5.41, 5.74) is 4.90. The molecule has 0 aliphatic heterocycles. The number of hydrogen-bond acceptors (Lipinski definition) is 4. The van der Waals surface area contributed by atoms with Crippen LogP contribution in [0.4, 0.5) is 5.69 Å². The van der Waals surface area contributed by atoms with Gasteiger partial charge in [0.1, 0.15) is 0 Å². The van der Waals surface area contributed by atoms with E-state index in [1.165, 1.54) is 5.56 Å². The van der Waals surface area contributed by atoms with Crippen LogP contribution in [0.15, 0.2) is 72.8 Å². The van der Waals surface area contributed by atoms with Crippen LogP contribution in [0, 0.1) is 0 Å². The Morgan fingerprint density at radius 3 is 2.39 bits per heavy atom. The molecule has 168 valence electrons. The van der Waals surface area contributed by atoms with Gasteiger partial charge in [0.05, 0.1) is 31.0 Å². The fraction of sp³-hybridized carbons (Fsp3) is 0.214. The van der Waals surface area contributed by atoms with Crippen molar-refractivity contribution in [1.82, 2.24) is 4.98 Å². The number of nitrogens with one attached hydrogen (secondary N) is 1. The lowest BCUT2D eigenvalue weighted by molar-refractivity contribution is 0.102. The molecule has 0 atom stereocenters. The van der Waals surface area contributed by atoms with Gasteiger partial charge in [-0.1, -0.05) is 43.7 Å². The summed E-state index contributed by atoms with van der Waals surface area (Å²) in [6.07, 6.45) is 3.37. The minimum absolute atomic E-state index is 0.170. The molecule has 1 heterocycles. The third-order valence-corrected chi connectivity index (χ3v) is 5.67. The molecular formula is C28H28N2O3. The highest BCUT2D eigenvalue weighted by molar-refractivity contribution is 6.13. The minimum atomic E-state index is -0.170. The Balaban J connectivity index is 1.69. The van der Waals surface area contributed by atoms with Crippen LogP contribution < -0.4 is 14.8 Å². The summed E-state index contributed by atoms with van der Waals surface area (Å²) in [5.74, 6) is 1.08. The van der Waals surface area contributed by atoms with Crippen molar-refractivity contribution in [1.29, 1.82) is 0 Å². The Morgan fingerprint density at radius 2 is 1.67 bits per heavy atom. The molecule has 0 bridgehead atoms. The molecule has 0 unspecified atom stereocenters. The van der Waals surface area contributed by atoms with Gasteiger partial charge in [-0.25, -0.2) is 4.98 Å². The molecule has 1 aromatic heterocycles. The van der Waals surface area contributed by atoms with Crippen molar-refractivity contribution in [2.75, 3.05) is 19.5 Å². The Morgan fingerprint density at radius 1 is 0.909 bits per heavy atom. The zero-order chi connectivity index (χ0) is 23.2. The lowest BCUT2D eigenvalue weighted by Gasteiger charge is -2.13. The van der Waals surface area contributed by atoms with E-state index >= 15 is 0 Å².